The fourth-order valence-electron chi connectivity index (χ4n) is 4.67. The minimum atomic E-state index is -1.59. The molecule has 2 atom stereocenters. The standard InChI is InChI=1S/C25H23FN4O5/c26-17-7-8-19-18(14-17)25(23(33)27-24(34)28-25)15-20(35-19)22(32)30-12-10-29(11-13-30)21(31)9-6-16-4-2-1-3-5-16/h1-9,14,20H,10-13,15H2,(H2,27,28,33,34)/t20-,25-/m0/s1. The molecule has 0 bridgehead atoms. The predicted octanol–water partition coefficient (Wildman–Crippen LogP) is 1.40. The van der Waals surface area contributed by atoms with Gasteiger partial charge in [-0.15, -0.1) is 0 Å². The van der Waals surface area contributed by atoms with Crippen molar-refractivity contribution in [3.63, 3.8) is 0 Å². The van der Waals surface area contributed by atoms with E-state index in [1.807, 2.05) is 30.3 Å². The summed E-state index contributed by atoms with van der Waals surface area (Å²) in [6.45, 7) is 1.29. The van der Waals surface area contributed by atoms with Crippen molar-refractivity contribution < 1.29 is 28.3 Å². The van der Waals surface area contributed by atoms with Crippen molar-refractivity contribution in [1.29, 1.82) is 0 Å². The first-order valence-corrected chi connectivity index (χ1v) is 11.3. The molecule has 2 N–H and O–H groups in total. The maximum Gasteiger partial charge on any atom is 0.322 e. The topological polar surface area (TPSA) is 108 Å². The van der Waals surface area contributed by atoms with Gasteiger partial charge in [-0.2, -0.15) is 0 Å². The van der Waals surface area contributed by atoms with Crippen LogP contribution in [0.2, 0.25) is 0 Å². The number of hydrogen-bond acceptors (Lipinski definition) is 5. The van der Waals surface area contributed by atoms with E-state index in [9.17, 15) is 23.6 Å². The van der Waals surface area contributed by atoms with Gasteiger partial charge in [-0.1, -0.05) is 30.3 Å². The van der Waals surface area contributed by atoms with E-state index in [-0.39, 0.29) is 29.5 Å². The molecule has 10 heteroatoms. The first kappa shape index (κ1) is 22.6. The monoisotopic (exact) mass is 478 g/mol. The Hall–Kier alpha value is -4.21. The van der Waals surface area contributed by atoms with E-state index in [0.717, 1.165) is 11.6 Å². The van der Waals surface area contributed by atoms with Crippen LogP contribution in [0.3, 0.4) is 0 Å². The molecule has 1 spiro atoms. The zero-order chi connectivity index (χ0) is 24.6. The van der Waals surface area contributed by atoms with Gasteiger partial charge in [0.05, 0.1) is 0 Å². The van der Waals surface area contributed by atoms with Gasteiger partial charge >= 0.3 is 6.03 Å². The third-order valence-corrected chi connectivity index (χ3v) is 6.50. The lowest BCUT2D eigenvalue weighted by Gasteiger charge is -2.40. The number of amides is 5. The molecule has 180 valence electrons. The van der Waals surface area contributed by atoms with Crippen molar-refractivity contribution in [2.24, 2.45) is 0 Å². The number of halogens is 1. The zero-order valence-electron chi connectivity index (χ0n) is 18.7. The first-order valence-electron chi connectivity index (χ1n) is 11.3. The Bertz CT molecular complexity index is 1230. The number of fused-ring (bicyclic) bond motifs is 2. The summed E-state index contributed by atoms with van der Waals surface area (Å²) in [5.41, 5.74) is -0.501. The van der Waals surface area contributed by atoms with E-state index in [0.29, 0.717) is 26.2 Å². The van der Waals surface area contributed by atoms with Crippen LogP contribution < -0.4 is 15.4 Å². The fourth-order valence-corrected chi connectivity index (χ4v) is 4.67. The van der Waals surface area contributed by atoms with Crippen molar-refractivity contribution >= 4 is 29.8 Å². The molecule has 3 aliphatic heterocycles. The van der Waals surface area contributed by atoms with Crippen LogP contribution in [0.5, 0.6) is 5.75 Å². The second-order valence-electron chi connectivity index (χ2n) is 8.66. The average molecular weight is 478 g/mol. The Morgan fingerprint density at radius 3 is 2.43 bits per heavy atom. The van der Waals surface area contributed by atoms with Gasteiger partial charge in [0.15, 0.2) is 11.6 Å². The molecule has 0 aromatic heterocycles. The smallest absolute Gasteiger partial charge is 0.322 e. The Morgan fingerprint density at radius 1 is 1.03 bits per heavy atom. The van der Waals surface area contributed by atoms with Crippen molar-refractivity contribution in [2.45, 2.75) is 18.1 Å². The molecule has 5 rings (SSSR count). The van der Waals surface area contributed by atoms with Crippen molar-refractivity contribution in [3.05, 3.63) is 71.6 Å². The highest BCUT2D eigenvalue weighted by Crippen LogP contribution is 2.42. The molecule has 3 aliphatic rings. The molecule has 2 saturated heterocycles. The van der Waals surface area contributed by atoms with Crippen LogP contribution in [0.4, 0.5) is 9.18 Å². The van der Waals surface area contributed by atoms with Gasteiger partial charge < -0.3 is 19.9 Å². The van der Waals surface area contributed by atoms with E-state index in [1.54, 1.807) is 15.9 Å². The van der Waals surface area contributed by atoms with Gasteiger partial charge in [-0.25, -0.2) is 9.18 Å². The lowest BCUT2D eigenvalue weighted by molar-refractivity contribution is -0.145. The fraction of sp³-hybridized carbons (Fsp3) is 0.280. The highest BCUT2D eigenvalue weighted by molar-refractivity contribution is 6.08. The maximum absolute atomic E-state index is 13.9. The molecule has 3 heterocycles. The number of nitrogens with zero attached hydrogens (tertiary/aromatic N) is 2. The Balaban J connectivity index is 1.27. The van der Waals surface area contributed by atoms with Gasteiger partial charge in [0.1, 0.15) is 11.6 Å². The van der Waals surface area contributed by atoms with E-state index < -0.39 is 29.4 Å². The number of nitrogens with one attached hydrogen (secondary N) is 2. The number of carbonyl (C=O) groups is 4. The summed E-state index contributed by atoms with van der Waals surface area (Å²) in [7, 11) is 0. The van der Waals surface area contributed by atoms with Gasteiger partial charge in [-0.3, -0.25) is 19.7 Å². The third kappa shape index (κ3) is 4.23. The lowest BCUT2D eigenvalue weighted by Crippen LogP contribution is -2.57. The van der Waals surface area contributed by atoms with Crippen LogP contribution >= 0.6 is 0 Å². The molecular weight excluding hydrogens is 455 g/mol. The van der Waals surface area contributed by atoms with Crippen LogP contribution in [0.15, 0.2) is 54.6 Å². The molecule has 35 heavy (non-hydrogen) atoms. The van der Waals surface area contributed by atoms with Gasteiger partial charge in [-0.05, 0) is 29.8 Å². The summed E-state index contributed by atoms with van der Waals surface area (Å²) in [6, 6.07) is 12.4. The Kier molecular flexibility index (Phi) is 5.72. The highest BCUT2D eigenvalue weighted by atomic mass is 19.1. The molecule has 9 nitrogen and oxygen atoms in total. The predicted molar refractivity (Wildman–Crippen MR) is 122 cm³/mol. The normalized spacial score (nSPS) is 23.6. The summed E-state index contributed by atoms with van der Waals surface area (Å²) in [6.07, 6.45) is 2.03. The molecule has 5 amide bonds. The highest BCUT2D eigenvalue weighted by Gasteiger charge is 2.55. The molecule has 0 radical (unpaired) electrons. The number of ether oxygens (including phenoxy) is 1. The molecule has 0 unspecified atom stereocenters. The second-order valence-corrected chi connectivity index (χ2v) is 8.66. The van der Waals surface area contributed by atoms with E-state index >= 15 is 0 Å². The number of carbonyl (C=O) groups excluding carboxylic acids is 4. The summed E-state index contributed by atoms with van der Waals surface area (Å²) < 4.78 is 19.8. The van der Waals surface area contributed by atoms with Gasteiger partial charge in [0.2, 0.25) is 5.91 Å². The Morgan fingerprint density at radius 2 is 1.74 bits per heavy atom. The van der Waals surface area contributed by atoms with Crippen LogP contribution in [0, 0.1) is 5.82 Å². The Labute approximate surface area is 200 Å². The van der Waals surface area contributed by atoms with E-state index in [2.05, 4.69) is 10.6 Å². The first-order chi connectivity index (χ1) is 16.9. The second kappa shape index (κ2) is 8.86. The largest absolute Gasteiger partial charge is 0.480 e. The molecule has 0 aliphatic carbocycles. The van der Waals surface area contributed by atoms with Crippen LogP contribution in [-0.4, -0.2) is 65.8 Å². The molecular formula is C25H23FN4O5. The van der Waals surface area contributed by atoms with Crippen molar-refractivity contribution in [1.82, 2.24) is 20.4 Å². The summed E-state index contributed by atoms with van der Waals surface area (Å²) in [5, 5.41) is 4.74. The van der Waals surface area contributed by atoms with E-state index in [1.165, 1.54) is 18.2 Å². The number of imide groups is 1. The molecule has 2 aromatic rings. The zero-order valence-corrected chi connectivity index (χ0v) is 18.7. The summed E-state index contributed by atoms with van der Waals surface area (Å²) in [5.74, 6) is -1.59. The number of rotatable bonds is 3. The minimum absolute atomic E-state index is 0.143. The van der Waals surface area contributed by atoms with Crippen molar-refractivity contribution in [2.75, 3.05) is 26.2 Å². The molecule has 2 fully saturated rings. The number of benzene rings is 2. The lowest BCUT2D eigenvalue weighted by atomic mass is 9.81. The van der Waals surface area contributed by atoms with Crippen molar-refractivity contribution in [3.8, 4) is 5.75 Å². The van der Waals surface area contributed by atoms with Crippen LogP contribution in [0.1, 0.15) is 17.5 Å². The number of urea groups is 1. The molecule has 2 aromatic carbocycles. The van der Waals surface area contributed by atoms with E-state index in [4.69, 9.17) is 4.74 Å². The van der Waals surface area contributed by atoms with Crippen LogP contribution in [0.25, 0.3) is 6.08 Å². The summed E-state index contributed by atoms with van der Waals surface area (Å²) >= 11 is 0. The number of piperazine rings is 1. The third-order valence-electron chi connectivity index (χ3n) is 6.50. The maximum atomic E-state index is 13.9. The minimum Gasteiger partial charge on any atom is -0.480 e. The van der Waals surface area contributed by atoms with Crippen LogP contribution in [-0.2, 0) is 19.9 Å². The average Bonchev–Trinajstić information content (AvgIpc) is 3.15. The number of hydrogen-bond donors (Lipinski definition) is 2. The summed E-state index contributed by atoms with van der Waals surface area (Å²) in [4.78, 5) is 53.7. The van der Waals surface area contributed by atoms with Gasteiger partial charge in [0.25, 0.3) is 11.8 Å². The molecule has 0 saturated carbocycles. The van der Waals surface area contributed by atoms with Gasteiger partial charge in [0, 0.05) is 44.2 Å². The quantitative estimate of drug-likeness (QED) is 0.512. The SMILES string of the molecule is O=C1NC(=O)[C@@]2(C[C@@H](C(=O)N3CCN(C(=O)C=Cc4ccccc4)CC3)Oc3ccc(F)cc32)N1.